The number of ether oxygens (including phenoxy) is 1. The van der Waals surface area contributed by atoms with Gasteiger partial charge in [0.05, 0.1) is 4.47 Å². The highest BCUT2D eigenvalue weighted by molar-refractivity contribution is 9.10. The van der Waals surface area contributed by atoms with Crippen molar-refractivity contribution >= 4 is 27.5 Å². The number of hydrogen-bond acceptors (Lipinski definition) is 2. The van der Waals surface area contributed by atoms with Crippen molar-refractivity contribution in [2.75, 3.05) is 13.2 Å². The fourth-order valence-corrected chi connectivity index (χ4v) is 2.08. The summed E-state index contributed by atoms with van der Waals surface area (Å²) in [4.78, 5) is 0. The lowest BCUT2D eigenvalue weighted by atomic mass is 10.2. The maximum absolute atomic E-state index is 5.73. The molecule has 1 rings (SSSR count). The predicted molar refractivity (Wildman–Crippen MR) is 81.2 cm³/mol. The minimum Gasteiger partial charge on any atom is -0.486 e. The largest absolute Gasteiger partial charge is 0.486 e. The molecule has 4 heteroatoms. The molecular weight excluding hydrogens is 314 g/mol. The van der Waals surface area contributed by atoms with Crippen LogP contribution in [0.25, 0.3) is 0 Å². The van der Waals surface area contributed by atoms with E-state index in [0.717, 1.165) is 28.9 Å². The van der Waals surface area contributed by atoms with Gasteiger partial charge in [0.2, 0.25) is 0 Å². The molecule has 1 aromatic carbocycles. The molecule has 0 heterocycles. The van der Waals surface area contributed by atoms with Crippen LogP contribution in [0.1, 0.15) is 19.4 Å². The van der Waals surface area contributed by atoms with Crippen molar-refractivity contribution in [2.24, 2.45) is 5.92 Å². The molecule has 0 atom stereocenters. The van der Waals surface area contributed by atoms with Gasteiger partial charge in [-0.2, -0.15) is 0 Å². The van der Waals surface area contributed by atoms with E-state index in [2.05, 4.69) is 41.7 Å². The Morgan fingerprint density at radius 1 is 1.50 bits per heavy atom. The molecule has 0 aromatic heterocycles. The van der Waals surface area contributed by atoms with Crippen LogP contribution in [0.4, 0.5) is 0 Å². The first-order valence-electron chi connectivity index (χ1n) is 5.95. The van der Waals surface area contributed by atoms with E-state index in [4.69, 9.17) is 16.3 Å². The van der Waals surface area contributed by atoms with Crippen LogP contribution in [0.3, 0.4) is 0 Å². The molecular formula is C14H19BrClNO. The highest BCUT2D eigenvalue weighted by Gasteiger charge is 2.08. The van der Waals surface area contributed by atoms with Crippen LogP contribution in [-0.4, -0.2) is 13.2 Å². The van der Waals surface area contributed by atoms with Gasteiger partial charge in [0.1, 0.15) is 12.4 Å². The van der Waals surface area contributed by atoms with Crippen molar-refractivity contribution in [3.05, 3.63) is 39.8 Å². The summed E-state index contributed by atoms with van der Waals surface area (Å²) in [6.07, 6.45) is 0. The zero-order valence-electron chi connectivity index (χ0n) is 10.8. The van der Waals surface area contributed by atoms with E-state index in [1.165, 1.54) is 0 Å². The number of rotatable bonds is 7. The number of para-hydroxylation sites is 1. The van der Waals surface area contributed by atoms with Crippen LogP contribution >= 0.6 is 27.5 Å². The van der Waals surface area contributed by atoms with Crippen molar-refractivity contribution < 1.29 is 4.74 Å². The van der Waals surface area contributed by atoms with Gasteiger partial charge in [0.25, 0.3) is 0 Å². The summed E-state index contributed by atoms with van der Waals surface area (Å²) in [7, 11) is 0. The van der Waals surface area contributed by atoms with E-state index in [-0.39, 0.29) is 0 Å². The minimum atomic E-state index is 0.321. The van der Waals surface area contributed by atoms with Gasteiger partial charge in [0.15, 0.2) is 0 Å². The summed E-state index contributed by atoms with van der Waals surface area (Å²) in [5, 5.41) is 3.89. The summed E-state index contributed by atoms with van der Waals surface area (Å²) in [6.45, 7) is 10.1. The monoisotopic (exact) mass is 331 g/mol. The molecule has 0 fully saturated rings. The Bertz CT molecular complexity index is 407. The lowest BCUT2D eigenvalue weighted by Gasteiger charge is -2.14. The van der Waals surface area contributed by atoms with E-state index in [0.29, 0.717) is 17.6 Å². The molecule has 0 bridgehead atoms. The summed E-state index contributed by atoms with van der Waals surface area (Å²) in [6, 6.07) is 6.00. The Labute approximate surface area is 122 Å². The average Bonchev–Trinajstić information content (AvgIpc) is 2.27. The van der Waals surface area contributed by atoms with E-state index in [1.807, 2.05) is 18.2 Å². The molecule has 2 nitrogen and oxygen atoms in total. The van der Waals surface area contributed by atoms with Crippen LogP contribution in [0.2, 0.25) is 0 Å². The van der Waals surface area contributed by atoms with Gasteiger partial charge in [0, 0.05) is 17.1 Å². The van der Waals surface area contributed by atoms with Crippen molar-refractivity contribution in [3.63, 3.8) is 0 Å². The van der Waals surface area contributed by atoms with Crippen LogP contribution in [0.5, 0.6) is 5.75 Å². The van der Waals surface area contributed by atoms with Gasteiger partial charge in [-0.15, -0.1) is 0 Å². The topological polar surface area (TPSA) is 21.3 Å². The van der Waals surface area contributed by atoms with Gasteiger partial charge < -0.3 is 10.1 Å². The third-order valence-corrected chi connectivity index (χ3v) is 3.02. The van der Waals surface area contributed by atoms with Crippen molar-refractivity contribution in [1.82, 2.24) is 5.32 Å². The van der Waals surface area contributed by atoms with E-state index >= 15 is 0 Å². The van der Waals surface area contributed by atoms with Gasteiger partial charge in [-0.1, -0.05) is 44.2 Å². The lowest BCUT2D eigenvalue weighted by molar-refractivity contribution is 0.351. The molecule has 100 valence electrons. The molecule has 0 aliphatic heterocycles. The lowest BCUT2D eigenvalue weighted by Crippen LogP contribution is -2.19. The standard InChI is InChI=1S/C14H19BrClNO/c1-10(2)7-17-8-12-5-4-6-13(15)14(12)18-9-11(3)16/h4-6,10,17H,3,7-9H2,1-2H3. The van der Waals surface area contributed by atoms with Crippen LogP contribution in [0.15, 0.2) is 34.3 Å². The summed E-state index contributed by atoms with van der Waals surface area (Å²) < 4.78 is 6.60. The molecule has 0 amide bonds. The molecule has 0 spiro atoms. The Balaban J connectivity index is 2.70. The SMILES string of the molecule is C=C(Cl)COc1c(Br)cccc1CNCC(C)C. The molecule has 0 aliphatic rings. The quantitative estimate of drug-likeness (QED) is 0.802. The smallest absolute Gasteiger partial charge is 0.138 e. The minimum absolute atomic E-state index is 0.321. The van der Waals surface area contributed by atoms with Gasteiger partial charge in [-0.05, 0) is 34.5 Å². The Morgan fingerprint density at radius 3 is 2.83 bits per heavy atom. The van der Waals surface area contributed by atoms with Crippen LogP contribution in [0, 0.1) is 5.92 Å². The Morgan fingerprint density at radius 2 is 2.22 bits per heavy atom. The zero-order chi connectivity index (χ0) is 13.5. The average molecular weight is 333 g/mol. The second-order valence-electron chi connectivity index (χ2n) is 4.56. The Hall–Kier alpha value is -0.510. The summed E-state index contributed by atoms with van der Waals surface area (Å²) in [5.41, 5.74) is 1.11. The zero-order valence-corrected chi connectivity index (χ0v) is 13.1. The number of nitrogens with one attached hydrogen (secondary N) is 1. The third kappa shape index (κ3) is 5.42. The first kappa shape index (κ1) is 15.5. The number of benzene rings is 1. The maximum atomic E-state index is 5.73. The first-order valence-corrected chi connectivity index (χ1v) is 7.12. The van der Waals surface area contributed by atoms with E-state index in [1.54, 1.807) is 0 Å². The molecule has 0 unspecified atom stereocenters. The molecule has 18 heavy (non-hydrogen) atoms. The molecule has 1 aromatic rings. The van der Waals surface area contributed by atoms with Crippen LogP contribution < -0.4 is 10.1 Å². The summed E-state index contributed by atoms with van der Waals surface area (Å²) in [5.74, 6) is 1.46. The number of hydrogen-bond donors (Lipinski definition) is 1. The third-order valence-electron chi connectivity index (χ3n) is 2.29. The molecule has 0 saturated heterocycles. The maximum Gasteiger partial charge on any atom is 0.138 e. The molecule has 1 N–H and O–H groups in total. The normalized spacial score (nSPS) is 10.7. The highest BCUT2D eigenvalue weighted by Crippen LogP contribution is 2.29. The first-order chi connectivity index (χ1) is 8.50. The molecule has 0 saturated carbocycles. The summed E-state index contributed by atoms with van der Waals surface area (Å²) >= 11 is 9.22. The fraction of sp³-hybridized carbons (Fsp3) is 0.429. The van der Waals surface area contributed by atoms with E-state index < -0.39 is 0 Å². The van der Waals surface area contributed by atoms with E-state index in [9.17, 15) is 0 Å². The Kier molecular flexibility index (Phi) is 6.76. The second-order valence-corrected chi connectivity index (χ2v) is 5.95. The fourth-order valence-electron chi connectivity index (χ4n) is 1.50. The van der Waals surface area contributed by atoms with Gasteiger partial charge in [-0.3, -0.25) is 0 Å². The number of halogens is 2. The van der Waals surface area contributed by atoms with Crippen molar-refractivity contribution in [1.29, 1.82) is 0 Å². The predicted octanol–water partition coefficient (Wildman–Crippen LogP) is 4.33. The second kappa shape index (κ2) is 7.82. The van der Waals surface area contributed by atoms with Crippen LogP contribution in [-0.2, 0) is 6.54 Å². The van der Waals surface area contributed by atoms with Gasteiger partial charge >= 0.3 is 0 Å². The molecule has 0 aliphatic carbocycles. The highest BCUT2D eigenvalue weighted by atomic mass is 79.9. The van der Waals surface area contributed by atoms with Crippen molar-refractivity contribution in [3.8, 4) is 5.75 Å². The van der Waals surface area contributed by atoms with Gasteiger partial charge in [-0.25, -0.2) is 0 Å². The molecule has 0 radical (unpaired) electrons. The van der Waals surface area contributed by atoms with Crippen molar-refractivity contribution in [2.45, 2.75) is 20.4 Å².